The zero-order valence-electron chi connectivity index (χ0n) is 17.6. The quantitative estimate of drug-likeness (QED) is 0.207. The van der Waals surface area contributed by atoms with Crippen LogP contribution in [0.1, 0.15) is 5.56 Å². The van der Waals surface area contributed by atoms with Crippen LogP contribution in [0.3, 0.4) is 0 Å². The first-order chi connectivity index (χ1) is 15.6. The number of non-ortho nitro benzene ring substituents is 1. The van der Waals surface area contributed by atoms with E-state index in [2.05, 4.69) is 15.4 Å². The Balaban J connectivity index is 2.00. The van der Waals surface area contributed by atoms with Crippen LogP contribution in [0.25, 0.3) is 0 Å². The molecule has 0 aromatic heterocycles. The Labute approximate surface area is 192 Å². The van der Waals surface area contributed by atoms with Crippen molar-refractivity contribution < 1.29 is 36.7 Å². The topological polar surface area (TPSA) is 94.9 Å². The molecule has 0 aliphatic rings. The second kappa shape index (κ2) is 11.5. The van der Waals surface area contributed by atoms with Crippen molar-refractivity contribution in [1.29, 1.82) is 0 Å². The number of methoxy groups -OCH3 is 2. The number of benzene rings is 2. The van der Waals surface area contributed by atoms with E-state index in [1.807, 2.05) is 6.07 Å². The van der Waals surface area contributed by atoms with Gasteiger partial charge in [-0.2, -0.15) is 8.78 Å². The third kappa shape index (κ3) is 7.63. The van der Waals surface area contributed by atoms with Crippen molar-refractivity contribution in [3.8, 4) is 17.2 Å². The number of hydrogen-bond acceptors (Lipinski definition) is 6. The Bertz CT molecular complexity index is 994. The maximum atomic E-state index is 13.1. The lowest BCUT2D eigenvalue weighted by atomic mass is 10.1. The molecule has 2 aromatic rings. The van der Waals surface area contributed by atoms with E-state index in [-0.39, 0.29) is 16.5 Å². The summed E-state index contributed by atoms with van der Waals surface area (Å²) in [7, 11) is 3.04. The van der Waals surface area contributed by atoms with Gasteiger partial charge < -0.3 is 24.8 Å². The van der Waals surface area contributed by atoms with Crippen molar-refractivity contribution >= 4 is 28.7 Å². The second-order valence-electron chi connectivity index (χ2n) is 6.64. The molecule has 0 bridgehead atoms. The SMILES string of the molecule is COc1ccc(CCNC(=S)Nc2cc(OCC(F)(F)C(F)F)cc([N+](=O)[O-])c2)cc1OC. The van der Waals surface area contributed by atoms with Gasteiger partial charge in [-0.15, -0.1) is 0 Å². The molecule has 13 heteroatoms. The van der Waals surface area contributed by atoms with Gasteiger partial charge in [0.25, 0.3) is 5.69 Å². The minimum Gasteiger partial charge on any atom is -0.493 e. The molecule has 0 saturated carbocycles. The molecule has 0 unspecified atom stereocenters. The van der Waals surface area contributed by atoms with Crippen LogP contribution in [-0.2, 0) is 6.42 Å². The lowest BCUT2D eigenvalue weighted by Crippen LogP contribution is -2.33. The Morgan fingerprint density at radius 2 is 1.85 bits per heavy atom. The van der Waals surface area contributed by atoms with Gasteiger partial charge in [0.15, 0.2) is 23.2 Å². The molecule has 0 radical (unpaired) electrons. The van der Waals surface area contributed by atoms with Crippen molar-refractivity contribution in [2.24, 2.45) is 0 Å². The van der Waals surface area contributed by atoms with E-state index in [0.29, 0.717) is 24.5 Å². The average molecular weight is 491 g/mol. The Hall–Kier alpha value is -3.35. The number of alkyl halides is 4. The molecule has 0 fully saturated rings. The number of nitro groups is 1. The van der Waals surface area contributed by atoms with Crippen LogP contribution in [0.4, 0.5) is 28.9 Å². The molecule has 180 valence electrons. The lowest BCUT2D eigenvalue weighted by molar-refractivity contribution is -0.384. The number of anilines is 1. The highest BCUT2D eigenvalue weighted by Gasteiger charge is 2.41. The first-order valence-corrected chi connectivity index (χ1v) is 9.80. The number of thiocarbonyl (C=S) groups is 1. The van der Waals surface area contributed by atoms with Crippen molar-refractivity contribution in [3.05, 3.63) is 52.1 Å². The third-order valence-corrected chi connectivity index (χ3v) is 4.50. The summed E-state index contributed by atoms with van der Waals surface area (Å²) >= 11 is 5.15. The standard InChI is InChI=1S/C20H21F4N3O5S/c1-30-16-4-3-12(7-17(16)31-2)5-6-25-19(33)26-13-8-14(27(28)29)10-15(9-13)32-11-20(23,24)18(21)22/h3-4,7-10,18H,5-6,11H2,1-2H3,(H2,25,26,33). The van der Waals surface area contributed by atoms with E-state index < -0.39 is 29.6 Å². The van der Waals surface area contributed by atoms with Crippen molar-refractivity contribution in [1.82, 2.24) is 5.32 Å². The van der Waals surface area contributed by atoms with Crippen LogP contribution in [0, 0.1) is 10.1 Å². The van der Waals surface area contributed by atoms with Crippen LogP contribution >= 0.6 is 12.2 Å². The Morgan fingerprint density at radius 1 is 1.15 bits per heavy atom. The normalized spacial score (nSPS) is 11.1. The van der Waals surface area contributed by atoms with E-state index in [4.69, 9.17) is 21.7 Å². The van der Waals surface area contributed by atoms with Gasteiger partial charge in [-0.25, -0.2) is 8.78 Å². The highest BCUT2D eigenvalue weighted by Crippen LogP contribution is 2.29. The van der Waals surface area contributed by atoms with Crippen LogP contribution in [0.2, 0.25) is 0 Å². The summed E-state index contributed by atoms with van der Waals surface area (Å²) in [6.07, 6.45) is -3.38. The van der Waals surface area contributed by atoms with Crippen molar-refractivity contribution in [2.75, 3.05) is 32.7 Å². The second-order valence-corrected chi connectivity index (χ2v) is 7.05. The summed E-state index contributed by atoms with van der Waals surface area (Å²) in [6.45, 7) is -1.25. The zero-order chi connectivity index (χ0) is 24.6. The summed E-state index contributed by atoms with van der Waals surface area (Å²) in [5.41, 5.74) is 0.487. The van der Waals surface area contributed by atoms with Crippen LogP contribution < -0.4 is 24.8 Å². The molecular weight excluding hydrogens is 470 g/mol. The molecule has 8 nitrogen and oxygen atoms in total. The lowest BCUT2D eigenvalue weighted by Gasteiger charge is -2.17. The highest BCUT2D eigenvalue weighted by atomic mass is 32.1. The van der Waals surface area contributed by atoms with Gasteiger partial charge >= 0.3 is 12.3 Å². The maximum Gasteiger partial charge on any atom is 0.340 e. The van der Waals surface area contributed by atoms with E-state index in [1.54, 1.807) is 12.1 Å². The van der Waals surface area contributed by atoms with Gasteiger partial charge in [0.05, 0.1) is 30.9 Å². The number of ether oxygens (including phenoxy) is 3. The van der Waals surface area contributed by atoms with Crippen LogP contribution in [0.5, 0.6) is 17.2 Å². The number of nitro benzene ring substituents is 1. The molecule has 0 amide bonds. The molecular formula is C20H21F4N3O5S. The number of hydrogen-bond donors (Lipinski definition) is 2. The van der Waals surface area contributed by atoms with Gasteiger partial charge in [-0.3, -0.25) is 10.1 Å². The minimum absolute atomic E-state index is 0.0585. The molecule has 0 spiro atoms. The van der Waals surface area contributed by atoms with Gasteiger partial charge in [-0.1, -0.05) is 6.07 Å². The van der Waals surface area contributed by atoms with Gasteiger partial charge in [-0.05, 0) is 36.3 Å². The summed E-state index contributed by atoms with van der Waals surface area (Å²) in [5, 5.41) is 16.8. The van der Waals surface area contributed by atoms with Gasteiger partial charge in [0.2, 0.25) is 0 Å². The molecule has 33 heavy (non-hydrogen) atoms. The number of rotatable bonds is 11. The van der Waals surface area contributed by atoms with E-state index >= 15 is 0 Å². The van der Waals surface area contributed by atoms with E-state index in [9.17, 15) is 27.7 Å². The fraction of sp³-hybridized carbons (Fsp3) is 0.350. The molecule has 2 aromatic carbocycles. The Morgan fingerprint density at radius 3 is 2.45 bits per heavy atom. The number of nitrogens with zero attached hydrogens (tertiary/aromatic N) is 1. The highest BCUT2D eigenvalue weighted by molar-refractivity contribution is 7.80. The average Bonchev–Trinajstić information content (AvgIpc) is 2.77. The van der Waals surface area contributed by atoms with Gasteiger partial charge in [0, 0.05) is 18.7 Å². The van der Waals surface area contributed by atoms with Crippen molar-refractivity contribution in [2.45, 2.75) is 18.8 Å². The monoisotopic (exact) mass is 491 g/mol. The predicted octanol–water partition coefficient (Wildman–Crippen LogP) is 4.42. The largest absolute Gasteiger partial charge is 0.493 e. The molecule has 0 aliphatic heterocycles. The molecule has 2 rings (SSSR count). The van der Waals surface area contributed by atoms with Crippen molar-refractivity contribution in [3.63, 3.8) is 0 Å². The zero-order valence-corrected chi connectivity index (χ0v) is 18.4. The molecule has 0 aliphatic carbocycles. The molecule has 0 heterocycles. The number of halogens is 4. The number of nitrogens with one attached hydrogen (secondary N) is 2. The van der Waals surface area contributed by atoms with E-state index in [1.165, 1.54) is 14.2 Å². The fourth-order valence-corrected chi connectivity index (χ4v) is 2.84. The summed E-state index contributed by atoms with van der Waals surface area (Å²) in [6, 6.07) is 8.49. The molecule has 2 N–H and O–H groups in total. The maximum absolute atomic E-state index is 13.1. The first-order valence-electron chi connectivity index (χ1n) is 9.39. The summed E-state index contributed by atoms with van der Waals surface area (Å²) in [5.74, 6) is -3.64. The summed E-state index contributed by atoms with van der Waals surface area (Å²) < 4.78 is 65.9. The van der Waals surface area contributed by atoms with Crippen LogP contribution in [-0.4, -0.2) is 49.8 Å². The van der Waals surface area contributed by atoms with Gasteiger partial charge in [0.1, 0.15) is 5.75 Å². The van der Waals surface area contributed by atoms with E-state index in [0.717, 1.165) is 23.8 Å². The Kier molecular flexibility index (Phi) is 9.02. The minimum atomic E-state index is -4.40. The smallest absolute Gasteiger partial charge is 0.340 e. The van der Waals surface area contributed by atoms with Crippen LogP contribution in [0.15, 0.2) is 36.4 Å². The third-order valence-electron chi connectivity index (χ3n) is 4.26. The fourth-order valence-electron chi connectivity index (χ4n) is 2.62. The molecule has 0 saturated heterocycles. The predicted molar refractivity (Wildman–Crippen MR) is 117 cm³/mol. The summed E-state index contributed by atoms with van der Waals surface area (Å²) in [4.78, 5) is 10.3. The first kappa shape index (κ1) is 25.9. The molecule has 0 atom stereocenters.